The smallest absolute Gasteiger partial charge is 0.780 e. The summed E-state index contributed by atoms with van der Waals surface area (Å²) in [5.41, 5.74) is 2.28. The second-order valence-corrected chi connectivity index (χ2v) is 4.94. The molecule has 1 N–H and O–H groups in total. The first-order valence-corrected chi connectivity index (χ1v) is 5.90. The molecular weight excluding hydrogens is 261 g/mol. The van der Waals surface area contributed by atoms with Gasteiger partial charge < -0.3 is 17.9 Å². The number of hydrogen-bond acceptors (Lipinski definition) is 3. The van der Waals surface area contributed by atoms with Gasteiger partial charge in [0.1, 0.15) is 0 Å². The summed E-state index contributed by atoms with van der Waals surface area (Å²) >= 11 is 6.93. The Labute approximate surface area is 147 Å². The fourth-order valence-corrected chi connectivity index (χ4v) is 2.77. The molecule has 0 amide bonds. The van der Waals surface area contributed by atoms with Crippen LogP contribution < -0.4 is 56.7 Å². The fourth-order valence-electron chi connectivity index (χ4n) is 1.62. The Morgan fingerprint density at radius 1 is 0.938 bits per heavy atom. The zero-order valence-electron chi connectivity index (χ0n) is 8.86. The van der Waals surface area contributed by atoms with Gasteiger partial charge in [0, 0.05) is 9.79 Å². The van der Waals surface area contributed by atoms with Crippen molar-refractivity contribution >= 4 is 35.8 Å². The van der Waals surface area contributed by atoms with Crippen molar-refractivity contribution in [3.8, 4) is 0 Å². The quantitative estimate of drug-likeness (QED) is 0.479. The largest absolute Gasteiger partial charge is 1.00 e. The Kier molecular flexibility index (Phi) is 4.35. The standard InChI is InChI=1S/C12H9NS2.K/c14-8-5-6-12-10(7-8)13-9-3-1-2-4-11(9)15-12;/h1-7,13-14H;/q;+1/p-1. The molecule has 16 heavy (non-hydrogen) atoms. The normalized spacial score (nSPS) is 11.8. The van der Waals surface area contributed by atoms with Crippen LogP contribution in [0.1, 0.15) is 0 Å². The van der Waals surface area contributed by atoms with Gasteiger partial charge in [-0.1, -0.05) is 36.0 Å². The first-order chi connectivity index (χ1) is 7.33. The number of anilines is 2. The number of para-hydroxylation sites is 1. The van der Waals surface area contributed by atoms with E-state index < -0.39 is 0 Å². The molecule has 0 aliphatic carbocycles. The summed E-state index contributed by atoms with van der Waals surface area (Å²) in [6.45, 7) is 0. The summed E-state index contributed by atoms with van der Waals surface area (Å²) in [7, 11) is 0. The summed E-state index contributed by atoms with van der Waals surface area (Å²) in [4.78, 5) is 3.38. The fraction of sp³-hybridized carbons (Fsp3) is 0. The molecule has 2 aromatic rings. The minimum absolute atomic E-state index is 0. The van der Waals surface area contributed by atoms with Crippen LogP contribution >= 0.6 is 11.8 Å². The van der Waals surface area contributed by atoms with Crippen molar-refractivity contribution in [2.45, 2.75) is 14.7 Å². The zero-order chi connectivity index (χ0) is 10.3. The van der Waals surface area contributed by atoms with Gasteiger partial charge in [0.25, 0.3) is 0 Å². The average Bonchev–Trinajstić information content (AvgIpc) is 2.26. The van der Waals surface area contributed by atoms with Crippen LogP contribution in [0.15, 0.2) is 57.2 Å². The number of benzene rings is 2. The van der Waals surface area contributed by atoms with Crippen molar-refractivity contribution in [1.82, 2.24) is 0 Å². The monoisotopic (exact) mass is 269 g/mol. The summed E-state index contributed by atoms with van der Waals surface area (Å²) in [5.74, 6) is 0. The third-order valence-corrected chi connectivity index (χ3v) is 3.73. The molecular formula is C12H8KNS2. The van der Waals surface area contributed by atoms with Gasteiger partial charge in [-0.25, -0.2) is 0 Å². The molecule has 0 aromatic heterocycles. The molecule has 0 fully saturated rings. The molecule has 0 saturated heterocycles. The summed E-state index contributed by atoms with van der Waals surface area (Å²) in [6.07, 6.45) is 0. The van der Waals surface area contributed by atoms with Crippen molar-refractivity contribution in [3.63, 3.8) is 0 Å². The molecule has 2 aromatic carbocycles. The van der Waals surface area contributed by atoms with Gasteiger partial charge in [-0.15, -0.1) is 0 Å². The molecule has 1 heterocycles. The molecule has 0 unspecified atom stereocenters. The molecule has 0 atom stereocenters. The van der Waals surface area contributed by atoms with E-state index in [2.05, 4.69) is 29.6 Å². The van der Waals surface area contributed by atoms with Crippen molar-refractivity contribution < 1.29 is 51.4 Å². The Balaban J connectivity index is 0.000000963. The zero-order valence-corrected chi connectivity index (χ0v) is 13.6. The van der Waals surface area contributed by atoms with Crippen molar-refractivity contribution in [2.75, 3.05) is 5.32 Å². The van der Waals surface area contributed by atoms with Gasteiger partial charge >= 0.3 is 51.4 Å². The number of nitrogens with one attached hydrogen (secondary N) is 1. The van der Waals surface area contributed by atoms with Gasteiger partial charge in [-0.2, -0.15) is 4.90 Å². The maximum absolute atomic E-state index is 5.15. The molecule has 1 aliphatic rings. The van der Waals surface area contributed by atoms with E-state index in [1.807, 2.05) is 18.2 Å². The first-order valence-electron chi connectivity index (χ1n) is 4.68. The van der Waals surface area contributed by atoms with Gasteiger partial charge in [0.05, 0.1) is 11.4 Å². The van der Waals surface area contributed by atoms with Crippen LogP contribution in [-0.2, 0) is 12.6 Å². The van der Waals surface area contributed by atoms with Crippen LogP contribution in [0.4, 0.5) is 11.4 Å². The molecule has 1 nitrogen and oxygen atoms in total. The Hall–Kier alpha value is 0.446. The van der Waals surface area contributed by atoms with Gasteiger partial charge in [-0.05, 0) is 18.2 Å². The van der Waals surface area contributed by atoms with E-state index in [4.69, 9.17) is 12.6 Å². The maximum Gasteiger partial charge on any atom is 1.00 e. The Bertz CT molecular complexity index is 528. The third kappa shape index (κ3) is 2.48. The Morgan fingerprint density at radius 3 is 2.56 bits per heavy atom. The van der Waals surface area contributed by atoms with E-state index in [-0.39, 0.29) is 51.4 Å². The van der Waals surface area contributed by atoms with E-state index in [0.29, 0.717) is 0 Å². The van der Waals surface area contributed by atoms with Gasteiger partial charge in [0.15, 0.2) is 0 Å². The number of fused-ring (bicyclic) bond motifs is 2. The second-order valence-electron chi connectivity index (χ2n) is 3.38. The van der Waals surface area contributed by atoms with Crippen LogP contribution in [0.25, 0.3) is 0 Å². The van der Waals surface area contributed by atoms with Crippen molar-refractivity contribution in [2.24, 2.45) is 0 Å². The molecule has 0 radical (unpaired) electrons. The van der Waals surface area contributed by atoms with Crippen LogP contribution in [0.3, 0.4) is 0 Å². The first kappa shape index (κ1) is 12.9. The molecule has 0 bridgehead atoms. The summed E-state index contributed by atoms with van der Waals surface area (Å²) in [6, 6.07) is 14.4. The van der Waals surface area contributed by atoms with E-state index >= 15 is 0 Å². The Morgan fingerprint density at radius 2 is 1.69 bits per heavy atom. The van der Waals surface area contributed by atoms with Gasteiger partial charge in [0.2, 0.25) is 0 Å². The van der Waals surface area contributed by atoms with E-state index in [0.717, 1.165) is 16.3 Å². The number of hydrogen-bond donors (Lipinski definition) is 1. The predicted molar refractivity (Wildman–Crippen MR) is 65.9 cm³/mol. The molecule has 74 valence electrons. The SMILES string of the molecule is [K+].[S-]c1ccc2c(c1)Nc1ccccc1S2. The second kappa shape index (κ2) is 5.39. The molecule has 1 aliphatic heterocycles. The van der Waals surface area contributed by atoms with Crippen LogP contribution in [-0.4, -0.2) is 0 Å². The minimum Gasteiger partial charge on any atom is -0.780 e. The minimum atomic E-state index is 0. The number of rotatable bonds is 0. The third-order valence-electron chi connectivity index (χ3n) is 2.33. The molecule has 0 saturated carbocycles. The molecule has 0 spiro atoms. The molecule has 4 heteroatoms. The van der Waals surface area contributed by atoms with Crippen LogP contribution in [0.2, 0.25) is 0 Å². The van der Waals surface area contributed by atoms with Crippen molar-refractivity contribution in [3.05, 3.63) is 42.5 Å². The summed E-state index contributed by atoms with van der Waals surface area (Å²) < 4.78 is 0. The average molecular weight is 269 g/mol. The van der Waals surface area contributed by atoms with Gasteiger partial charge in [-0.3, -0.25) is 0 Å². The van der Waals surface area contributed by atoms with E-state index in [9.17, 15) is 0 Å². The van der Waals surface area contributed by atoms with E-state index in [1.165, 1.54) is 9.79 Å². The van der Waals surface area contributed by atoms with Crippen LogP contribution in [0.5, 0.6) is 0 Å². The predicted octanol–water partition coefficient (Wildman–Crippen LogP) is 0.805. The van der Waals surface area contributed by atoms with Crippen molar-refractivity contribution in [1.29, 1.82) is 0 Å². The summed E-state index contributed by atoms with van der Waals surface area (Å²) in [5, 5.41) is 3.39. The molecule has 3 rings (SSSR count). The topological polar surface area (TPSA) is 12.0 Å². The van der Waals surface area contributed by atoms with E-state index in [1.54, 1.807) is 11.8 Å². The maximum atomic E-state index is 5.15. The van der Waals surface area contributed by atoms with Crippen LogP contribution in [0, 0.1) is 0 Å².